The lowest BCUT2D eigenvalue weighted by Crippen LogP contribution is -2.40. The number of hydrogen-bond acceptors (Lipinski definition) is 5. The molecule has 1 aliphatic heterocycles. The van der Waals surface area contributed by atoms with E-state index in [2.05, 4.69) is 0 Å². The van der Waals surface area contributed by atoms with Crippen LogP contribution in [-0.2, 0) is 29.2 Å². The fourth-order valence-electron chi connectivity index (χ4n) is 4.52. The number of carbonyl (C=O) groups excluding carboxylic acids is 2. The monoisotopic (exact) mass is 404 g/mol. The normalized spacial score (nSPS) is 28.8. The van der Waals surface area contributed by atoms with Gasteiger partial charge in [0.25, 0.3) is 0 Å². The van der Waals surface area contributed by atoms with Crippen molar-refractivity contribution in [2.45, 2.75) is 50.7 Å². The molecule has 2 bridgehead atoms. The molecular formula is C23H29FO5. The first kappa shape index (κ1) is 21.7. The van der Waals surface area contributed by atoms with Crippen molar-refractivity contribution < 1.29 is 28.2 Å². The summed E-state index contributed by atoms with van der Waals surface area (Å²) in [5.41, 5.74) is 0.218. The number of benzene rings is 1. The first-order chi connectivity index (χ1) is 13.7. The van der Waals surface area contributed by atoms with Crippen LogP contribution >= 0.6 is 0 Å². The van der Waals surface area contributed by atoms with Crippen LogP contribution in [0.5, 0.6) is 0 Å². The fourth-order valence-corrected chi connectivity index (χ4v) is 4.52. The lowest BCUT2D eigenvalue weighted by Gasteiger charge is -2.37. The number of halogens is 1. The molecule has 4 atom stereocenters. The molecule has 1 aliphatic carbocycles. The van der Waals surface area contributed by atoms with E-state index in [9.17, 15) is 14.0 Å². The summed E-state index contributed by atoms with van der Waals surface area (Å²) in [6, 6.07) is 6.52. The van der Waals surface area contributed by atoms with Gasteiger partial charge in [-0.25, -0.2) is 9.18 Å². The van der Waals surface area contributed by atoms with Gasteiger partial charge in [-0.15, -0.1) is 0 Å². The zero-order valence-electron chi connectivity index (χ0n) is 17.2. The van der Waals surface area contributed by atoms with E-state index in [1.807, 2.05) is 32.9 Å². The highest BCUT2D eigenvalue weighted by Gasteiger charge is 2.59. The third-order valence-corrected chi connectivity index (χ3v) is 5.71. The second-order valence-electron chi connectivity index (χ2n) is 8.85. The van der Waals surface area contributed by atoms with E-state index in [-0.39, 0.29) is 35.8 Å². The largest absolute Gasteiger partial charge is 0.458 e. The molecule has 1 aromatic rings. The standard InChI is InChI=1S/C23H29FO5/c1-22(2,3)29-21(26)14-27-11-5-4-6-19-18(13-25)20-12-23(19,15-28-20)16-7-9-17(24)10-8-16/h4-5,7-10,13,18-20H,6,11-12,14-15H2,1-3H3/b5-4+/t18-,19-,20-,23-/m0/s1. The van der Waals surface area contributed by atoms with Gasteiger partial charge in [0.05, 0.1) is 19.3 Å². The first-order valence-corrected chi connectivity index (χ1v) is 10.0. The maximum Gasteiger partial charge on any atom is 0.332 e. The number of allylic oxidation sites excluding steroid dienone is 1. The fraction of sp³-hybridized carbons (Fsp3) is 0.565. The molecule has 3 rings (SSSR count). The zero-order chi connectivity index (χ0) is 21.1. The highest BCUT2D eigenvalue weighted by atomic mass is 19.1. The molecule has 29 heavy (non-hydrogen) atoms. The van der Waals surface area contributed by atoms with Crippen LogP contribution < -0.4 is 0 Å². The Morgan fingerprint density at radius 2 is 2.00 bits per heavy atom. The molecule has 2 fully saturated rings. The van der Waals surface area contributed by atoms with Gasteiger partial charge in [-0.05, 0) is 57.2 Å². The van der Waals surface area contributed by atoms with Crippen molar-refractivity contribution in [1.29, 1.82) is 0 Å². The number of hydrogen-bond donors (Lipinski definition) is 0. The minimum absolute atomic E-state index is 0.0839. The molecule has 1 saturated carbocycles. The van der Waals surface area contributed by atoms with Gasteiger partial charge in [0.15, 0.2) is 0 Å². The van der Waals surface area contributed by atoms with Gasteiger partial charge in [-0.3, -0.25) is 0 Å². The third kappa shape index (κ3) is 4.93. The quantitative estimate of drug-likeness (QED) is 0.287. The lowest BCUT2D eigenvalue weighted by atomic mass is 9.69. The predicted octanol–water partition coefficient (Wildman–Crippen LogP) is 3.60. The average Bonchev–Trinajstić information content (AvgIpc) is 3.21. The molecule has 0 spiro atoms. The Morgan fingerprint density at radius 3 is 2.66 bits per heavy atom. The van der Waals surface area contributed by atoms with Gasteiger partial charge in [-0.1, -0.05) is 24.3 Å². The molecule has 5 nitrogen and oxygen atoms in total. The van der Waals surface area contributed by atoms with Crippen LogP contribution in [0.25, 0.3) is 0 Å². The third-order valence-electron chi connectivity index (χ3n) is 5.71. The van der Waals surface area contributed by atoms with Crippen molar-refractivity contribution in [2.24, 2.45) is 11.8 Å². The summed E-state index contributed by atoms with van der Waals surface area (Å²) in [6.07, 6.45) is 6.22. The summed E-state index contributed by atoms with van der Waals surface area (Å²) >= 11 is 0. The molecule has 0 radical (unpaired) electrons. The highest BCUT2D eigenvalue weighted by Crippen LogP contribution is 2.55. The second-order valence-corrected chi connectivity index (χ2v) is 8.85. The maximum absolute atomic E-state index is 13.4. The van der Waals surface area contributed by atoms with Crippen molar-refractivity contribution in [3.05, 3.63) is 47.8 Å². The van der Waals surface area contributed by atoms with Crippen LogP contribution in [0.15, 0.2) is 36.4 Å². The van der Waals surface area contributed by atoms with Crippen molar-refractivity contribution in [3.63, 3.8) is 0 Å². The number of fused-ring (bicyclic) bond motifs is 2. The molecule has 158 valence electrons. The van der Waals surface area contributed by atoms with Gasteiger partial charge in [-0.2, -0.15) is 0 Å². The summed E-state index contributed by atoms with van der Waals surface area (Å²) in [4.78, 5) is 23.4. The van der Waals surface area contributed by atoms with Crippen LogP contribution in [0.3, 0.4) is 0 Å². The lowest BCUT2D eigenvalue weighted by molar-refractivity contribution is -0.159. The Morgan fingerprint density at radius 1 is 1.28 bits per heavy atom. The van der Waals surface area contributed by atoms with Crippen LogP contribution in [-0.4, -0.2) is 43.8 Å². The molecule has 1 aromatic carbocycles. The summed E-state index contributed by atoms with van der Waals surface area (Å²) < 4.78 is 29.8. The predicted molar refractivity (Wildman–Crippen MR) is 106 cm³/mol. The van der Waals surface area contributed by atoms with Gasteiger partial charge >= 0.3 is 5.97 Å². The Balaban J connectivity index is 1.58. The topological polar surface area (TPSA) is 61.8 Å². The second kappa shape index (κ2) is 8.76. The number of ether oxygens (including phenoxy) is 3. The van der Waals surface area contributed by atoms with Crippen molar-refractivity contribution >= 4 is 12.3 Å². The van der Waals surface area contributed by atoms with Crippen LogP contribution in [0.4, 0.5) is 4.39 Å². The summed E-state index contributed by atoms with van der Waals surface area (Å²) in [7, 11) is 0. The van der Waals surface area contributed by atoms with Gasteiger partial charge < -0.3 is 19.0 Å². The number of aldehydes is 1. The van der Waals surface area contributed by atoms with Gasteiger partial charge in [0.1, 0.15) is 24.3 Å². The first-order valence-electron chi connectivity index (χ1n) is 10.0. The number of rotatable bonds is 8. The van der Waals surface area contributed by atoms with Crippen LogP contribution in [0.2, 0.25) is 0 Å². The van der Waals surface area contributed by atoms with E-state index in [1.54, 1.807) is 12.1 Å². The molecule has 1 saturated heterocycles. The molecule has 0 N–H and O–H groups in total. The number of carbonyl (C=O) groups is 2. The molecule has 0 aromatic heterocycles. The van der Waals surface area contributed by atoms with Crippen LogP contribution in [0, 0.1) is 17.7 Å². The Bertz CT molecular complexity index is 752. The molecule has 0 unspecified atom stereocenters. The Labute approximate surface area is 171 Å². The Kier molecular flexibility index (Phi) is 6.54. The smallest absolute Gasteiger partial charge is 0.332 e. The summed E-state index contributed by atoms with van der Waals surface area (Å²) in [5.74, 6) is -0.760. The zero-order valence-corrected chi connectivity index (χ0v) is 17.2. The average molecular weight is 404 g/mol. The Hall–Kier alpha value is -2.05. The minimum Gasteiger partial charge on any atom is -0.458 e. The van der Waals surface area contributed by atoms with Gasteiger partial charge in [0, 0.05) is 11.3 Å². The van der Waals surface area contributed by atoms with E-state index in [1.165, 1.54) is 12.1 Å². The minimum atomic E-state index is -0.529. The summed E-state index contributed by atoms with van der Waals surface area (Å²) in [5, 5.41) is 0. The van der Waals surface area contributed by atoms with E-state index in [0.29, 0.717) is 19.6 Å². The van der Waals surface area contributed by atoms with Crippen molar-refractivity contribution in [2.75, 3.05) is 19.8 Å². The number of esters is 1. The van der Waals surface area contributed by atoms with E-state index in [0.717, 1.165) is 18.3 Å². The molecular weight excluding hydrogens is 375 g/mol. The highest BCUT2D eigenvalue weighted by molar-refractivity contribution is 5.71. The van der Waals surface area contributed by atoms with E-state index < -0.39 is 11.6 Å². The van der Waals surface area contributed by atoms with E-state index in [4.69, 9.17) is 14.2 Å². The van der Waals surface area contributed by atoms with Crippen LogP contribution in [0.1, 0.15) is 39.2 Å². The van der Waals surface area contributed by atoms with Crippen molar-refractivity contribution in [1.82, 2.24) is 0 Å². The van der Waals surface area contributed by atoms with E-state index >= 15 is 0 Å². The molecule has 1 heterocycles. The molecule has 0 amide bonds. The maximum atomic E-state index is 13.4. The van der Waals surface area contributed by atoms with Crippen molar-refractivity contribution in [3.8, 4) is 0 Å². The summed E-state index contributed by atoms with van der Waals surface area (Å²) in [6.45, 7) is 6.17. The molecule has 6 heteroatoms. The molecule has 2 aliphatic rings. The SMILES string of the molecule is CC(C)(C)OC(=O)COC/C=C/C[C@H]1[C@H](C=O)[C@@H]2C[C@@]1(c1ccc(F)cc1)CO2. The van der Waals surface area contributed by atoms with Gasteiger partial charge in [0.2, 0.25) is 0 Å².